The van der Waals surface area contributed by atoms with Crippen molar-refractivity contribution in [3.8, 4) is 0 Å². The van der Waals surface area contributed by atoms with Crippen LogP contribution < -0.4 is 0 Å². The molecule has 0 N–H and O–H groups in total. The van der Waals surface area contributed by atoms with Gasteiger partial charge in [-0.15, -0.1) is 0 Å². The Morgan fingerprint density at radius 3 is 2.33 bits per heavy atom. The maximum atomic E-state index is 12.0. The fourth-order valence-corrected chi connectivity index (χ4v) is 2.15. The first-order chi connectivity index (χ1) is 8.66. The van der Waals surface area contributed by atoms with Crippen LogP contribution in [0.15, 0.2) is 6.20 Å². The van der Waals surface area contributed by atoms with E-state index >= 15 is 0 Å². The predicted molar refractivity (Wildman–Crippen MR) is 74.9 cm³/mol. The summed E-state index contributed by atoms with van der Waals surface area (Å²) in [5.41, 5.74) is 1.77. The lowest BCUT2D eigenvalue weighted by atomic mass is 10.0. The predicted octanol–water partition coefficient (Wildman–Crippen LogP) is 4.05. The van der Waals surface area contributed by atoms with E-state index < -0.39 is 0 Å². The van der Waals surface area contributed by atoms with Crippen molar-refractivity contribution < 1.29 is 4.79 Å². The molecule has 1 aromatic heterocycles. The van der Waals surface area contributed by atoms with Crippen molar-refractivity contribution in [2.24, 2.45) is 7.05 Å². The van der Waals surface area contributed by atoms with Crippen molar-refractivity contribution in [2.75, 3.05) is 0 Å². The number of nitrogens with zero attached hydrogens (tertiary/aromatic N) is 2. The Morgan fingerprint density at radius 1 is 1.17 bits per heavy atom. The van der Waals surface area contributed by atoms with Gasteiger partial charge in [-0.3, -0.25) is 9.48 Å². The molecule has 0 radical (unpaired) electrons. The first kappa shape index (κ1) is 14.9. The average Bonchev–Trinajstić information content (AvgIpc) is 2.69. The van der Waals surface area contributed by atoms with E-state index in [1.165, 1.54) is 38.5 Å². The Kier molecular flexibility index (Phi) is 6.69. The molecule has 0 spiro atoms. The molecular weight excluding hydrogens is 224 g/mol. The quantitative estimate of drug-likeness (QED) is 0.489. The molecule has 0 bridgehead atoms. The standard InChI is InChI=1S/C15H26N2O/c1-4-5-6-7-8-9-10-11-15(18)14-12-16-17(3)13(14)2/h12H,4-11H2,1-3H3. The monoisotopic (exact) mass is 250 g/mol. The minimum Gasteiger partial charge on any atom is -0.294 e. The van der Waals surface area contributed by atoms with Crippen molar-refractivity contribution in [3.63, 3.8) is 0 Å². The highest BCUT2D eigenvalue weighted by molar-refractivity contribution is 5.96. The highest BCUT2D eigenvalue weighted by Crippen LogP contribution is 2.13. The molecule has 0 saturated heterocycles. The molecule has 0 aliphatic carbocycles. The third-order valence-electron chi connectivity index (χ3n) is 3.54. The van der Waals surface area contributed by atoms with Gasteiger partial charge in [-0.1, -0.05) is 45.4 Å². The Balaban J connectivity index is 2.16. The molecule has 1 aromatic rings. The van der Waals surface area contributed by atoms with Crippen LogP contribution >= 0.6 is 0 Å². The summed E-state index contributed by atoms with van der Waals surface area (Å²) in [5.74, 6) is 0.245. The third-order valence-corrected chi connectivity index (χ3v) is 3.54. The number of carbonyl (C=O) groups is 1. The van der Waals surface area contributed by atoms with Crippen LogP contribution in [0.1, 0.15) is 74.3 Å². The highest BCUT2D eigenvalue weighted by atomic mass is 16.1. The lowest BCUT2D eigenvalue weighted by molar-refractivity contribution is 0.0978. The van der Waals surface area contributed by atoms with E-state index in [1.807, 2.05) is 14.0 Å². The number of aromatic nitrogens is 2. The van der Waals surface area contributed by atoms with Gasteiger partial charge in [0.15, 0.2) is 5.78 Å². The second-order valence-corrected chi connectivity index (χ2v) is 5.06. The normalized spacial score (nSPS) is 10.8. The third kappa shape index (κ3) is 4.63. The zero-order chi connectivity index (χ0) is 13.4. The second-order valence-electron chi connectivity index (χ2n) is 5.06. The van der Waals surface area contributed by atoms with Crippen molar-refractivity contribution in [1.82, 2.24) is 9.78 Å². The van der Waals surface area contributed by atoms with Gasteiger partial charge in [0.1, 0.15) is 0 Å². The molecular formula is C15H26N2O. The molecule has 0 unspecified atom stereocenters. The molecule has 0 saturated carbocycles. The van der Waals surface area contributed by atoms with Crippen LogP contribution in [-0.2, 0) is 7.05 Å². The molecule has 1 heterocycles. The summed E-state index contributed by atoms with van der Waals surface area (Å²) in [4.78, 5) is 12.0. The highest BCUT2D eigenvalue weighted by Gasteiger charge is 2.11. The van der Waals surface area contributed by atoms with Gasteiger partial charge in [0.25, 0.3) is 0 Å². The molecule has 0 aromatic carbocycles. The molecule has 0 aliphatic heterocycles. The van der Waals surface area contributed by atoms with Gasteiger partial charge >= 0.3 is 0 Å². The van der Waals surface area contributed by atoms with Gasteiger partial charge < -0.3 is 0 Å². The van der Waals surface area contributed by atoms with Gasteiger partial charge in [-0.25, -0.2) is 0 Å². The average molecular weight is 250 g/mol. The van der Waals surface area contributed by atoms with Crippen molar-refractivity contribution in [3.05, 3.63) is 17.5 Å². The molecule has 0 aliphatic rings. The van der Waals surface area contributed by atoms with E-state index in [0.29, 0.717) is 6.42 Å². The first-order valence-electron chi connectivity index (χ1n) is 7.18. The van der Waals surface area contributed by atoms with Crippen molar-refractivity contribution >= 4 is 5.78 Å². The number of unbranched alkanes of at least 4 members (excludes halogenated alkanes) is 6. The van der Waals surface area contributed by atoms with E-state index in [4.69, 9.17) is 0 Å². The van der Waals surface area contributed by atoms with Gasteiger partial charge in [0.05, 0.1) is 11.8 Å². The van der Waals surface area contributed by atoms with Gasteiger partial charge in [0, 0.05) is 19.2 Å². The maximum absolute atomic E-state index is 12.0. The number of ketones is 1. The SMILES string of the molecule is CCCCCCCCCC(=O)c1cnn(C)c1C. The van der Waals surface area contributed by atoms with Gasteiger partial charge in [-0.2, -0.15) is 5.10 Å². The summed E-state index contributed by atoms with van der Waals surface area (Å²) in [5, 5.41) is 4.11. The Labute approximate surface area is 111 Å². The number of hydrogen-bond acceptors (Lipinski definition) is 2. The zero-order valence-electron chi connectivity index (χ0n) is 12.0. The topological polar surface area (TPSA) is 34.9 Å². The summed E-state index contributed by atoms with van der Waals surface area (Å²) in [6.07, 6.45) is 11.1. The molecule has 18 heavy (non-hydrogen) atoms. The minimum atomic E-state index is 0.245. The number of carbonyl (C=O) groups excluding carboxylic acids is 1. The fraction of sp³-hybridized carbons (Fsp3) is 0.733. The van der Waals surface area contributed by atoms with Crippen LogP contribution in [0.25, 0.3) is 0 Å². The van der Waals surface area contributed by atoms with Crippen LogP contribution in [-0.4, -0.2) is 15.6 Å². The lowest BCUT2D eigenvalue weighted by Gasteiger charge is -2.02. The number of hydrogen-bond donors (Lipinski definition) is 0. The number of rotatable bonds is 9. The van der Waals surface area contributed by atoms with Crippen molar-refractivity contribution in [1.29, 1.82) is 0 Å². The Morgan fingerprint density at radius 2 is 1.78 bits per heavy atom. The Hall–Kier alpha value is -1.12. The van der Waals surface area contributed by atoms with E-state index in [9.17, 15) is 4.79 Å². The first-order valence-corrected chi connectivity index (χ1v) is 7.18. The summed E-state index contributed by atoms with van der Waals surface area (Å²) in [6.45, 7) is 4.18. The summed E-state index contributed by atoms with van der Waals surface area (Å²) >= 11 is 0. The fourth-order valence-electron chi connectivity index (χ4n) is 2.15. The van der Waals surface area contributed by atoms with Crippen LogP contribution in [0.4, 0.5) is 0 Å². The molecule has 1 rings (SSSR count). The Bertz CT molecular complexity index is 369. The minimum absolute atomic E-state index is 0.245. The number of Topliss-reactive ketones (excluding diaryl/α,β-unsaturated/α-hetero) is 1. The van der Waals surface area contributed by atoms with Crippen LogP contribution in [0.5, 0.6) is 0 Å². The molecule has 0 fully saturated rings. The van der Waals surface area contributed by atoms with E-state index in [0.717, 1.165) is 17.7 Å². The lowest BCUT2D eigenvalue weighted by Crippen LogP contribution is -2.01. The van der Waals surface area contributed by atoms with Crippen LogP contribution in [0.2, 0.25) is 0 Å². The molecule has 3 heteroatoms. The second kappa shape index (κ2) is 8.06. The van der Waals surface area contributed by atoms with E-state index in [-0.39, 0.29) is 5.78 Å². The molecule has 102 valence electrons. The largest absolute Gasteiger partial charge is 0.294 e. The van der Waals surface area contributed by atoms with E-state index in [2.05, 4.69) is 12.0 Å². The zero-order valence-corrected chi connectivity index (χ0v) is 12.0. The summed E-state index contributed by atoms with van der Waals surface area (Å²) in [7, 11) is 1.87. The van der Waals surface area contributed by atoms with E-state index in [1.54, 1.807) is 10.9 Å². The molecule has 3 nitrogen and oxygen atoms in total. The summed E-state index contributed by atoms with van der Waals surface area (Å²) in [6, 6.07) is 0. The van der Waals surface area contributed by atoms with Gasteiger partial charge in [0.2, 0.25) is 0 Å². The van der Waals surface area contributed by atoms with Gasteiger partial charge in [-0.05, 0) is 13.3 Å². The molecule has 0 atom stereocenters. The smallest absolute Gasteiger partial charge is 0.166 e. The number of aryl methyl sites for hydroxylation is 1. The van der Waals surface area contributed by atoms with Crippen LogP contribution in [0, 0.1) is 6.92 Å². The molecule has 0 amide bonds. The van der Waals surface area contributed by atoms with Crippen LogP contribution in [0.3, 0.4) is 0 Å². The summed E-state index contributed by atoms with van der Waals surface area (Å²) < 4.78 is 1.76. The maximum Gasteiger partial charge on any atom is 0.166 e. The van der Waals surface area contributed by atoms with Crippen molar-refractivity contribution in [2.45, 2.75) is 65.2 Å².